The number of carbonyl (C=O) groups excluding carboxylic acids is 2. The summed E-state index contributed by atoms with van der Waals surface area (Å²) in [5.41, 5.74) is 1.08. The van der Waals surface area contributed by atoms with Gasteiger partial charge < -0.3 is 19.7 Å². The second kappa shape index (κ2) is 16.2. The third-order valence-electron chi connectivity index (χ3n) is 10.1. The van der Waals surface area contributed by atoms with Crippen LogP contribution in [-0.4, -0.2) is 80.6 Å². The number of alkyl halides is 3. The highest BCUT2D eigenvalue weighted by molar-refractivity contribution is 5.99. The Bertz CT molecular complexity index is 2640. The molecule has 2 aromatic carbocycles. The van der Waals surface area contributed by atoms with Gasteiger partial charge in [-0.3, -0.25) is 29.1 Å². The minimum atomic E-state index is -4.65. The van der Waals surface area contributed by atoms with E-state index in [-0.39, 0.29) is 54.0 Å². The Morgan fingerprint density at radius 2 is 1.83 bits per heavy atom. The molecule has 5 heterocycles. The number of nitrogens with one attached hydrogen (secondary N) is 1. The molecule has 0 bridgehead atoms. The first-order valence-electron chi connectivity index (χ1n) is 18.3. The lowest BCUT2D eigenvalue weighted by atomic mass is 9.99. The van der Waals surface area contributed by atoms with Crippen LogP contribution < -0.4 is 21.5 Å². The van der Waals surface area contributed by atoms with Gasteiger partial charge in [-0.1, -0.05) is 18.2 Å². The number of halogens is 4. The van der Waals surface area contributed by atoms with Crippen LogP contribution in [0.5, 0.6) is 0 Å². The molecule has 7 rings (SSSR count). The number of carbonyl (C=O) groups is 2. The zero-order chi connectivity index (χ0) is 41.3. The lowest BCUT2D eigenvalue weighted by Crippen LogP contribution is -2.53. The normalized spacial score (nSPS) is 15.1. The Hall–Kier alpha value is -6.49. The van der Waals surface area contributed by atoms with Gasteiger partial charge in [-0.25, -0.2) is 18.5 Å². The summed E-state index contributed by atoms with van der Waals surface area (Å²) < 4.78 is 70.3. The fraction of sp³-hybridized carbons (Fsp3) is 0.293. The van der Waals surface area contributed by atoms with Crippen molar-refractivity contribution in [1.29, 1.82) is 0 Å². The van der Waals surface area contributed by atoms with Crippen molar-refractivity contribution in [2.45, 2.75) is 44.9 Å². The predicted molar refractivity (Wildman–Crippen MR) is 206 cm³/mol. The molecule has 0 spiro atoms. The molecule has 2 atom stereocenters. The monoisotopic (exact) mass is 799 g/mol. The fourth-order valence-corrected chi connectivity index (χ4v) is 7.11. The molecule has 1 amide bonds. The molecule has 1 fully saturated rings. The predicted octanol–water partition coefficient (Wildman–Crippen LogP) is 4.68. The minimum absolute atomic E-state index is 0.00174. The van der Waals surface area contributed by atoms with Gasteiger partial charge in [-0.15, -0.1) is 0 Å². The molecule has 1 saturated heterocycles. The van der Waals surface area contributed by atoms with E-state index in [9.17, 15) is 32.3 Å². The second-order valence-corrected chi connectivity index (χ2v) is 13.9. The van der Waals surface area contributed by atoms with Crippen LogP contribution in [0, 0.1) is 19.7 Å². The van der Waals surface area contributed by atoms with E-state index in [1.54, 1.807) is 24.4 Å². The number of nitrogens with zero attached hydrogens (tertiary/aromatic N) is 6. The van der Waals surface area contributed by atoms with Crippen molar-refractivity contribution in [3.63, 3.8) is 0 Å². The number of ether oxygens (including phenoxy) is 2. The van der Waals surface area contributed by atoms with Crippen LogP contribution in [0.1, 0.15) is 32.7 Å². The van der Waals surface area contributed by atoms with Crippen LogP contribution >= 0.6 is 0 Å². The van der Waals surface area contributed by atoms with E-state index in [0.717, 1.165) is 26.8 Å². The molecular formula is C41H37F4N7O6. The molecular weight excluding hydrogens is 762 g/mol. The van der Waals surface area contributed by atoms with Gasteiger partial charge in [0.2, 0.25) is 0 Å². The number of amides is 1. The van der Waals surface area contributed by atoms with Gasteiger partial charge in [0.15, 0.2) is 0 Å². The summed E-state index contributed by atoms with van der Waals surface area (Å²) in [6.07, 6.45) is 1.45. The Labute approximate surface area is 327 Å². The molecule has 0 saturated carbocycles. The molecule has 0 radical (unpaired) electrons. The Morgan fingerprint density at radius 1 is 1.02 bits per heavy atom. The number of hydrogen-bond acceptors (Lipinski definition) is 10. The third-order valence-corrected chi connectivity index (χ3v) is 10.1. The number of hydrogen-bond donors (Lipinski definition) is 1. The van der Waals surface area contributed by atoms with E-state index >= 15 is 4.39 Å². The smallest absolute Gasteiger partial charge is 0.411 e. The molecule has 58 heavy (non-hydrogen) atoms. The summed E-state index contributed by atoms with van der Waals surface area (Å²) in [7, 11) is 1.51. The SMILES string of the molecule is Cc1ccc(CCOC(=O)[C@H](Cc2ccc(-n3c(=O)c4ccncc4n(C)c3=O)c3ncccc23)NC(=O)c2c(C)cc(N3CCOC[C@@H]3C(F)(F)F)cc2F)cn1. The zero-order valence-corrected chi connectivity index (χ0v) is 31.5. The number of benzene rings is 2. The third kappa shape index (κ3) is 7.89. The van der Waals surface area contributed by atoms with Crippen molar-refractivity contribution < 1.29 is 36.6 Å². The summed E-state index contributed by atoms with van der Waals surface area (Å²) in [6.45, 7) is 2.36. The van der Waals surface area contributed by atoms with Gasteiger partial charge in [-0.05, 0) is 66.9 Å². The van der Waals surface area contributed by atoms with Crippen molar-refractivity contribution in [2.75, 3.05) is 31.3 Å². The van der Waals surface area contributed by atoms with Crippen LogP contribution in [0.25, 0.3) is 27.5 Å². The fourth-order valence-electron chi connectivity index (χ4n) is 7.11. The number of morpholine rings is 1. The zero-order valence-electron chi connectivity index (χ0n) is 31.5. The summed E-state index contributed by atoms with van der Waals surface area (Å²) in [5, 5.41) is 3.28. The molecule has 1 N–H and O–H groups in total. The van der Waals surface area contributed by atoms with Crippen molar-refractivity contribution in [2.24, 2.45) is 7.05 Å². The van der Waals surface area contributed by atoms with Gasteiger partial charge in [0.1, 0.15) is 17.9 Å². The van der Waals surface area contributed by atoms with E-state index in [4.69, 9.17) is 9.47 Å². The van der Waals surface area contributed by atoms with E-state index < -0.39 is 59.4 Å². The van der Waals surface area contributed by atoms with Crippen molar-refractivity contribution in [3.8, 4) is 5.69 Å². The maximum atomic E-state index is 15.9. The molecule has 17 heteroatoms. The average molecular weight is 800 g/mol. The molecule has 1 aliphatic heterocycles. The Balaban J connectivity index is 1.23. The van der Waals surface area contributed by atoms with E-state index in [1.165, 1.54) is 55.3 Å². The number of anilines is 1. The Morgan fingerprint density at radius 3 is 2.57 bits per heavy atom. The number of fused-ring (bicyclic) bond motifs is 2. The first-order valence-corrected chi connectivity index (χ1v) is 18.3. The number of esters is 1. The van der Waals surface area contributed by atoms with E-state index in [0.29, 0.717) is 22.9 Å². The number of aromatic nitrogens is 5. The second-order valence-electron chi connectivity index (χ2n) is 13.9. The van der Waals surface area contributed by atoms with Crippen LogP contribution in [0.4, 0.5) is 23.2 Å². The molecule has 6 aromatic rings. The van der Waals surface area contributed by atoms with E-state index in [1.807, 2.05) is 19.1 Å². The maximum absolute atomic E-state index is 15.9. The number of aryl methyl sites for hydroxylation is 3. The topological polar surface area (TPSA) is 151 Å². The molecule has 1 aliphatic rings. The van der Waals surface area contributed by atoms with Gasteiger partial charge in [0.05, 0.1) is 53.7 Å². The van der Waals surface area contributed by atoms with Crippen LogP contribution in [-0.2, 0) is 34.2 Å². The summed E-state index contributed by atoms with van der Waals surface area (Å²) in [4.78, 5) is 68.7. The number of pyridine rings is 3. The van der Waals surface area contributed by atoms with Crippen molar-refractivity contribution in [3.05, 3.63) is 134 Å². The van der Waals surface area contributed by atoms with Crippen LogP contribution in [0.3, 0.4) is 0 Å². The molecule has 13 nitrogen and oxygen atoms in total. The summed E-state index contributed by atoms with van der Waals surface area (Å²) >= 11 is 0. The largest absolute Gasteiger partial charge is 0.464 e. The van der Waals surface area contributed by atoms with Crippen LogP contribution in [0.15, 0.2) is 89.0 Å². The van der Waals surface area contributed by atoms with Gasteiger partial charge in [-0.2, -0.15) is 13.2 Å². The highest BCUT2D eigenvalue weighted by Crippen LogP contribution is 2.33. The highest BCUT2D eigenvalue weighted by atomic mass is 19.4. The number of rotatable bonds is 10. The standard InChI is InChI=1S/C41H37F4N7O6/c1-23-17-27(51-14-16-57-22-34(51)41(43,44)45)19-30(42)35(23)37(53)49-31(39(55)58-15-11-25-7-6-24(2)48-20-25)18-26-8-9-32(36-28(26)5-4-12-47-36)52-38(54)29-10-13-46-21-33(29)50(3)40(52)56/h4-10,12-13,17,19-21,31,34H,11,14-16,18,22H2,1-3H3,(H,49,53)/t31-,34+/m0/s1. The van der Waals surface area contributed by atoms with Crippen LogP contribution in [0.2, 0.25) is 0 Å². The molecule has 0 unspecified atom stereocenters. The summed E-state index contributed by atoms with van der Waals surface area (Å²) in [5.74, 6) is -2.93. The van der Waals surface area contributed by atoms with Gasteiger partial charge >= 0.3 is 17.8 Å². The molecule has 0 aliphatic carbocycles. The Kier molecular flexibility index (Phi) is 11.1. The van der Waals surface area contributed by atoms with Gasteiger partial charge in [0, 0.05) is 61.8 Å². The minimum Gasteiger partial charge on any atom is -0.464 e. The van der Waals surface area contributed by atoms with Crippen molar-refractivity contribution in [1.82, 2.24) is 29.4 Å². The molecule has 4 aromatic heterocycles. The lowest BCUT2D eigenvalue weighted by Gasteiger charge is -2.38. The first-order chi connectivity index (χ1) is 27.7. The summed E-state index contributed by atoms with van der Waals surface area (Å²) in [6, 6.07) is 10.3. The lowest BCUT2D eigenvalue weighted by molar-refractivity contribution is -0.167. The molecule has 300 valence electrons. The first kappa shape index (κ1) is 39.7. The van der Waals surface area contributed by atoms with Gasteiger partial charge in [0.25, 0.3) is 11.5 Å². The quantitative estimate of drug-likeness (QED) is 0.153. The maximum Gasteiger partial charge on any atom is 0.411 e. The van der Waals surface area contributed by atoms with E-state index in [2.05, 4.69) is 20.3 Å². The van der Waals surface area contributed by atoms with Crippen molar-refractivity contribution >= 4 is 39.4 Å². The highest BCUT2D eigenvalue weighted by Gasteiger charge is 2.45. The average Bonchev–Trinajstić information content (AvgIpc) is 3.20.